The molecule has 0 spiro atoms. The lowest BCUT2D eigenvalue weighted by Gasteiger charge is -2.18. The van der Waals surface area contributed by atoms with Gasteiger partial charge < -0.3 is 0 Å². The van der Waals surface area contributed by atoms with Crippen LogP contribution in [0.4, 0.5) is 0 Å². The first-order chi connectivity index (χ1) is 6.27. The van der Waals surface area contributed by atoms with Crippen molar-refractivity contribution in [1.82, 2.24) is 14.8 Å². The van der Waals surface area contributed by atoms with Crippen LogP contribution in [0.15, 0.2) is 4.79 Å². The smallest absolute Gasteiger partial charge is 0.293 e. The van der Waals surface area contributed by atoms with E-state index in [1.54, 1.807) is 7.05 Å². The molecule has 1 fully saturated rings. The second-order valence-corrected chi connectivity index (χ2v) is 3.77. The molecule has 1 saturated carbocycles. The third kappa shape index (κ3) is 1.66. The van der Waals surface area contributed by atoms with E-state index in [0.29, 0.717) is 5.92 Å². The Morgan fingerprint density at radius 2 is 2.08 bits per heavy atom. The lowest BCUT2D eigenvalue weighted by atomic mass is 9.89. The normalized spacial score (nSPS) is 19.2. The molecule has 0 radical (unpaired) electrons. The van der Waals surface area contributed by atoms with Gasteiger partial charge in [-0.25, -0.2) is 9.48 Å². The van der Waals surface area contributed by atoms with E-state index in [0.717, 1.165) is 5.82 Å². The molecule has 4 heteroatoms. The number of aromatic amines is 1. The van der Waals surface area contributed by atoms with Crippen LogP contribution >= 0.6 is 0 Å². The van der Waals surface area contributed by atoms with Crippen molar-refractivity contribution in [1.29, 1.82) is 0 Å². The van der Waals surface area contributed by atoms with Crippen molar-refractivity contribution in [2.24, 2.45) is 7.05 Å². The van der Waals surface area contributed by atoms with Gasteiger partial charge in [-0.3, -0.25) is 4.98 Å². The molecule has 1 N–H and O–H groups in total. The molecule has 1 aliphatic rings. The van der Waals surface area contributed by atoms with E-state index in [4.69, 9.17) is 0 Å². The predicted octanol–water partition coefficient (Wildman–Crippen LogP) is 1.16. The average molecular weight is 181 g/mol. The van der Waals surface area contributed by atoms with Crippen LogP contribution in [-0.4, -0.2) is 14.8 Å². The Kier molecular flexibility index (Phi) is 2.20. The second-order valence-electron chi connectivity index (χ2n) is 3.77. The van der Waals surface area contributed by atoms with Crippen LogP contribution in [-0.2, 0) is 7.05 Å². The zero-order chi connectivity index (χ0) is 9.26. The maximum atomic E-state index is 11.1. The molecule has 4 nitrogen and oxygen atoms in total. The first kappa shape index (κ1) is 8.53. The largest absolute Gasteiger partial charge is 0.343 e. The highest BCUT2D eigenvalue weighted by atomic mass is 16.1. The molecule has 1 aromatic heterocycles. The van der Waals surface area contributed by atoms with Crippen LogP contribution in [0.5, 0.6) is 0 Å². The molecular formula is C9H15N3O. The van der Waals surface area contributed by atoms with Gasteiger partial charge >= 0.3 is 5.69 Å². The average Bonchev–Trinajstić information content (AvgIpc) is 2.49. The first-order valence-electron chi connectivity index (χ1n) is 4.90. The number of aromatic nitrogens is 3. The molecule has 0 atom stereocenters. The van der Waals surface area contributed by atoms with E-state index in [9.17, 15) is 4.79 Å². The zero-order valence-electron chi connectivity index (χ0n) is 7.92. The lowest BCUT2D eigenvalue weighted by Crippen LogP contribution is -2.13. The summed E-state index contributed by atoms with van der Waals surface area (Å²) >= 11 is 0. The fourth-order valence-electron chi connectivity index (χ4n) is 1.98. The Labute approximate surface area is 77.0 Å². The molecule has 13 heavy (non-hydrogen) atoms. The number of nitrogens with zero attached hydrogens (tertiary/aromatic N) is 2. The van der Waals surface area contributed by atoms with E-state index in [-0.39, 0.29) is 5.69 Å². The second kappa shape index (κ2) is 3.36. The quantitative estimate of drug-likeness (QED) is 0.706. The van der Waals surface area contributed by atoms with Gasteiger partial charge in [0.25, 0.3) is 0 Å². The third-order valence-electron chi connectivity index (χ3n) is 2.78. The maximum Gasteiger partial charge on any atom is 0.343 e. The van der Waals surface area contributed by atoms with E-state index < -0.39 is 0 Å². The van der Waals surface area contributed by atoms with E-state index >= 15 is 0 Å². The molecule has 0 saturated heterocycles. The molecule has 1 heterocycles. The van der Waals surface area contributed by atoms with Crippen LogP contribution in [0.1, 0.15) is 43.8 Å². The van der Waals surface area contributed by atoms with Gasteiger partial charge in [-0.1, -0.05) is 19.3 Å². The highest BCUT2D eigenvalue weighted by molar-refractivity contribution is 4.95. The molecule has 1 aliphatic carbocycles. The van der Waals surface area contributed by atoms with Crippen LogP contribution in [0.3, 0.4) is 0 Å². The van der Waals surface area contributed by atoms with Crippen molar-refractivity contribution >= 4 is 0 Å². The third-order valence-corrected chi connectivity index (χ3v) is 2.78. The van der Waals surface area contributed by atoms with Gasteiger partial charge in [0.2, 0.25) is 0 Å². The minimum Gasteiger partial charge on any atom is -0.293 e. The van der Waals surface area contributed by atoms with Gasteiger partial charge in [0, 0.05) is 13.0 Å². The molecule has 0 aliphatic heterocycles. The molecule has 0 aromatic carbocycles. The van der Waals surface area contributed by atoms with Crippen molar-refractivity contribution in [2.45, 2.75) is 38.0 Å². The molecule has 0 amide bonds. The highest BCUT2D eigenvalue weighted by Crippen LogP contribution is 2.29. The molecular weight excluding hydrogens is 166 g/mol. The minimum absolute atomic E-state index is 0.0967. The van der Waals surface area contributed by atoms with E-state index in [1.807, 2.05) is 0 Å². The van der Waals surface area contributed by atoms with Crippen molar-refractivity contribution in [3.05, 3.63) is 16.3 Å². The minimum atomic E-state index is -0.0967. The van der Waals surface area contributed by atoms with Crippen LogP contribution < -0.4 is 5.69 Å². The standard InChI is InChI=1S/C9H15N3O/c1-12-9(13)10-8(11-12)7-5-3-2-4-6-7/h7H,2-6H2,1H3,(H,10,11,13). The number of aryl methyl sites for hydroxylation is 1. The first-order valence-corrected chi connectivity index (χ1v) is 4.90. The topological polar surface area (TPSA) is 50.7 Å². The van der Waals surface area contributed by atoms with Crippen LogP contribution in [0.2, 0.25) is 0 Å². The fraction of sp³-hybridized carbons (Fsp3) is 0.778. The van der Waals surface area contributed by atoms with E-state index in [2.05, 4.69) is 10.1 Å². The van der Waals surface area contributed by atoms with Crippen molar-refractivity contribution < 1.29 is 0 Å². The number of hydrogen-bond donors (Lipinski definition) is 1. The summed E-state index contributed by atoms with van der Waals surface area (Å²) in [6.45, 7) is 0. The SMILES string of the molecule is Cn1nc(C2CCCCC2)[nH]c1=O. The highest BCUT2D eigenvalue weighted by Gasteiger charge is 2.18. The molecule has 0 unspecified atom stereocenters. The van der Waals surface area contributed by atoms with Gasteiger partial charge in [0.15, 0.2) is 0 Å². The summed E-state index contributed by atoms with van der Waals surface area (Å²) in [6, 6.07) is 0. The van der Waals surface area contributed by atoms with Crippen LogP contribution in [0, 0.1) is 0 Å². The van der Waals surface area contributed by atoms with Gasteiger partial charge in [-0.15, -0.1) is 0 Å². The number of hydrogen-bond acceptors (Lipinski definition) is 2. The Morgan fingerprint density at radius 1 is 1.38 bits per heavy atom. The number of rotatable bonds is 1. The Morgan fingerprint density at radius 3 is 2.62 bits per heavy atom. The summed E-state index contributed by atoms with van der Waals surface area (Å²) in [4.78, 5) is 13.9. The molecule has 72 valence electrons. The van der Waals surface area contributed by atoms with Gasteiger partial charge in [-0.2, -0.15) is 5.10 Å². The zero-order valence-corrected chi connectivity index (χ0v) is 7.92. The summed E-state index contributed by atoms with van der Waals surface area (Å²) in [6.07, 6.45) is 6.21. The van der Waals surface area contributed by atoms with Gasteiger partial charge in [-0.05, 0) is 12.8 Å². The summed E-state index contributed by atoms with van der Waals surface area (Å²) in [7, 11) is 1.69. The molecule has 2 rings (SSSR count). The van der Waals surface area contributed by atoms with E-state index in [1.165, 1.54) is 36.8 Å². The Hall–Kier alpha value is -1.06. The molecule has 0 bridgehead atoms. The summed E-state index contributed by atoms with van der Waals surface area (Å²) < 4.78 is 1.38. The van der Waals surface area contributed by atoms with Crippen molar-refractivity contribution in [3.8, 4) is 0 Å². The fourth-order valence-corrected chi connectivity index (χ4v) is 1.98. The maximum absolute atomic E-state index is 11.1. The Balaban J connectivity index is 2.19. The molecule has 1 aromatic rings. The summed E-state index contributed by atoms with van der Waals surface area (Å²) in [5.74, 6) is 1.37. The van der Waals surface area contributed by atoms with Crippen molar-refractivity contribution in [3.63, 3.8) is 0 Å². The van der Waals surface area contributed by atoms with Crippen molar-refractivity contribution in [2.75, 3.05) is 0 Å². The Bertz CT molecular complexity index is 333. The summed E-state index contributed by atoms with van der Waals surface area (Å²) in [5.41, 5.74) is -0.0967. The number of nitrogens with one attached hydrogen (secondary N) is 1. The van der Waals surface area contributed by atoms with Gasteiger partial charge in [0.1, 0.15) is 5.82 Å². The predicted molar refractivity (Wildman–Crippen MR) is 49.7 cm³/mol. The van der Waals surface area contributed by atoms with Gasteiger partial charge in [0.05, 0.1) is 0 Å². The summed E-state index contributed by atoms with van der Waals surface area (Å²) in [5, 5.41) is 4.18. The monoisotopic (exact) mass is 181 g/mol. The number of H-pyrrole nitrogens is 1. The van der Waals surface area contributed by atoms with Crippen LogP contribution in [0.25, 0.3) is 0 Å². The lowest BCUT2D eigenvalue weighted by molar-refractivity contribution is 0.427.